The van der Waals surface area contributed by atoms with Gasteiger partial charge in [0, 0.05) is 32.3 Å². The summed E-state index contributed by atoms with van der Waals surface area (Å²) in [6, 6.07) is 5.95. The summed E-state index contributed by atoms with van der Waals surface area (Å²) in [6.45, 7) is 3.39. The molecule has 0 atom stereocenters. The average molecular weight is 458 g/mol. The Hall–Kier alpha value is -2.08. The lowest BCUT2D eigenvalue weighted by Gasteiger charge is -2.33. The number of benzene rings is 1. The molecule has 0 radical (unpaired) electrons. The highest BCUT2D eigenvalue weighted by Crippen LogP contribution is 2.36. The van der Waals surface area contributed by atoms with Gasteiger partial charge in [-0.2, -0.15) is 5.26 Å². The Morgan fingerprint density at radius 3 is 2.69 bits per heavy atom. The van der Waals surface area contributed by atoms with Crippen molar-refractivity contribution in [2.24, 2.45) is 0 Å². The number of rotatable bonds is 6. The van der Waals surface area contributed by atoms with Gasteiger partial charge in [0.1, 0.15) is 23.5 Å². The van der Waals surface area contributed by atoms with Crippen molar-refractivity contribution in [3.63, 3.8) is 0 Å². The minimum atomic E-state index is -0.427. The van der Waals surface area contributed by atoms with Crippen LogP contribution in [-0.2, 0) is 11.2 Å². The summed E-state index contributed by atoms with van der Waals surface area (Å²) < 4.78 is 7.08. The molecule has 0 unspecified atom stereocenters. The predicted octanol–water partition coefficient (Wildman–Crippen LogP) is 2.88. The summed E-state index contributed by atoms with van der Waals surface area (Å²) in [5.41, 5.74) is 2.74. The number of nitrogens with zero attached hydrogens (tertiary/aromatic N) is 3. The Bertz CT molecular complexity index is 897. The van der Waals surface area contributed by atoms with Gasteiger partial charge in [-0.25, -0.2) is 0 Å². The number of Topliss-reactive ketones (excluding diaryl/α,β-unsaturated/α-hetero) is 1. The summed E-state index contributed by atoms with van der Waals surface area (Å²) in [5, 5.41) is 19.0. The maximum Gasteiger partial charge on any atom is 0.376 e. The van der Waals surface area contributed by atoms with E-state index < -0.39 is 7.05 Å². The van der Waals surface area contributed by atoms with E-state index in [4.69, 9.17) is 4.74 Å². The van der Waals surface area contributed by atoms with Gasteiger partial charge in [-0.15, -0.1) is 0 Å². The Morgan fingerprint density at radius 1 is 1.41 bits per heavy atom. The van der Waals surface area contributed by atoms with Gasteiger partial charge in [0.25, 0.3) is 0 Å². The van der Waals surface area contributed by atoms with E-state index in [9.17, 15) is 15.1 Å². The van der Waals surface area contributed by atoms with Gasteiger partial charge in [0.15, 0.2) is 0 Å². The van der Waals surface area contributed by atoms with E-state index in [-0.39, 0.29) is 17.5 Å². The number of ketones is 1. The van der Waals surface area contributed by atoms with Crippen LogP contribution in [0.15, 0.2) is 34.0 Å². The van der Waals surface area contributed by atoms with Crippen LogP contribution >= 0.6 is 15.9 Å². The van der Waals surface area contributed by atoms with Crippen LogP contribution in [0.5, 0.6) is 5.75 Å². The van der Waals surface area contributed by atoms with Crippen LogP contribution in [0.2, 0.25) is 6.82 Å². The zero-order chi connectivity index (χ0) is 21.1. The van der Waals surface area contributed by atoms with Crippen LogP contribution in [0.3, 0.4) is 0 Å². The molecule has 1 heterocycles. The fraction of sp³-hybridized carbons (Fsp3) is 0.429. The minimum absolute atomic E-state index is 0.0963. The molecule has 1 aromatic rings. The van der Waals surface area contributed by atoms with Gasteiger partial charge < -0.3 is 19.5 Å². The number of piperidine rings is 1. The maximum absolute atomic E-state index is 12.7. The number of nitriles is 1. The first-order valence-corrected chi connectivity index (χ1v) is 10.5. The van der Waals surface area contributed by atoms with Crippen LogP contribution in [0.4, 0.5) is 0 Å². The molecule has 29 heavy (non-hydrogen) atoms. The first kappa shape index (κ1) is 21.6. The molecular formula is C21H25BBrN3O3. The molecule has 0 amide bonds. The zero-order valence-electron chi connectivity index (χ0n) is 17.0. The van der Waals surface area contributed by atoms with E-state index >= 15 is 0 Å². The third-order valence-electron chi connectivity index (χ3n) is 5.25. The van der Waals surface area contributed by atoms with Crippen molar-refractivity contribution in [1.82, 2.24) is 9.71 Å². The molecule has 1 aliphatic heterocycles. The highest BCUT2D eigenvalue weighted by molar-refractivity contribution is 9.10. The summed E-state index contributed by atoms with van der Waals surface area (Å²) >= 11 is 3.59. The Kier molecular flexibility index (Phi) is 6.83. The number of hydrogen-bond donors (Lipinski definition) is 1. The van der Waals surface area contributed by atoms with Crippen molar-refractivity contribution >= 4 is 34.8 Å². The van der Waals surface area contributed by atoms with Crippen LogP contribution in [0, 0.1) is 11.3 Å². The summed E-state index contributed by atoms with van der Waals surface area (Å²) in [5.74, 6) is 0.523. The molecular weight excluding hydrogens is 433 g/mol. The van der Waals surface area contributed by atoms with Crippen molar-refractivity contribution in [3.8, 4) is 11.8 Å². The van der Waals surface area contributed by atoms with E-state index in [1.807, 2.05) is 29.1 Å². The number of ether oxygens (including phenoxy) is 1. The normalized spacial score (nSPS) is 17.4. The SMILES string of the molecule is CB(O)N1CCC(Oc2cc3c(cc2Br)CC(C(=O)C(C#N)=CN(C)C)=C3)CC1. The molecule has 0 saturated carbocycles. The molecule has 0 aromatic heterocycles. The fourth-order valence-electron chi connectivity index (χ4n) is 3.69. The first-order chi connectivity index (χ1) is 13.8. The molecule has 1 aliphatic carbocycles. The molecule has 1 N–H and O–H groups in total. The van der Waals surface area contributed by atoms with Crippen LogP contribution in [0.25, 0.3) is 6.08 Å². The lowest BCUT2D eigenvalue weighted by molar-refractivity contribution is -0.111. The third kappa shape index (κ3) is 5.10. The average Bonchev–Trinajstić information content (AvgIpc) is 3.08. The van der Waals surface area contributed by atoms with Gasteiger partial charge in [-0.05, 0) is 78.0 Å². The highest BCUT2D eigenvalue weighted by atomic mass is 79.9. The quantitative estimate of drug-likeness (QED) is 0.402. The number of allylic oxidation sites excluding steroid dienone is 2. The molecule has 6 nitrogen and oxygen atoms in total. The van der Waals surface area contributed by atoms with Gasteiger partial charge >= 0.3 is 7.05 Å². The van der Waals surface area contributed by atoms with Crippen molar-refractivity contribution in [2.45, 2.75) is 32.2 Å². The first-order valence-electron chi connectivity index (χ1n) is 9.73. The van der Waals surface area contributed by atoms with Gasteiger partial charge in [-0.3, -0.25) is 4.79 Å². The fourth-order valence-corrected chi connectivity index (χ4v) is 4.18. The van der Waals surface area contributed by atoms with E-state index in [1.165, 1.54) is 0 Å². The summed E-state index contributed by atoms with van der Waals surface area (Å²) in [4.78, 5) is 16.4. The third-order valence-corrected chi connectivity index (χ3v) is 5.87. The van der Waals surface area contributed by atoms with Gasteiger partial charge in [0.05, 0.1) is 4.47 Å². The molecule has 1 aromatic carbocycles. The number of hydrogen-bond acceptors (Lipinski definition) is 6. The molecule has 1 fully saturated rings. The Balaban J connectivity index is 1.73. The summed E-state index contributed by atoms with van der Waals surface area (Å²) in [7, 11) is 3.15. The van der Waals surface area contributed by atoms with Crippen LogP contribution in [0.1, 0.15) is 24.0 Å². The van der Waals surface area contributed by atoms with Gasteiger partial charge in [0.2, 0.25) is 5.78 Å². The maximum atomic E-state index is 12.7. The van der Waals surface area contributed by atoms with Crippen LogP contribution in [-0.4, -0.2) is 60.9 Å². The number of halogens is 1. The molecule has 0 bridgehead atoms. The lowest BCUT2D eigenvalue weighted by Crippen LogP contribution is -2.45. The van der Waals surface area contributed by atoms with E-state index in [2.05, 4.69) is 15.9 Å². The second kappa shape index (κ2) is 9.16. The van der Waals surface area contributed by atoms with E-state index in [1.54, 1.807) is 32.0 Å². The Labute approximate surface area is 180 Å². The topological polar surface area (TPSA) is 76.8 Å². The van der Waals surface area contributed by atoms with Crippen LogP contribution < -0.4 is 4.74 Å². The lowest BCUT2D eigenvalue weighted by atomic mass is 9.82. The summed E-state index contributed by atoms with van der Waals surface area (Å²) in [6.07, 6.45) is 5.72. The van der Waals surface area contributed by atoms with E-state index in [0.717, 1.165) is 47.3 Å². The highest BCUT2D eigenvalue weighted by Gasteiger charge is 2.27. The smallest absolute Gasteiger partial charge is 0.376 e. The predicted molar refractivity (Wildman–Crippen MR) is 117 cm³/mol. The monoisotopic (exact) mass is 457 g/mol. The molecule has 152 valence electrons. The van der Waals surface area contributed by atoms with Crippen molar-refractivity contribution in [1.29, 1.82) is 5.26 Å². The molecule has 0 spiro atoms. The molecule has 3 rings (SSSR count). The van der Waals surface area contributed by atoms with E-state index in [0.29, 0.717) is 12.0 Å². The molecule has 2 aliphatic rings. The minimum Gasteiger partial charge on any atom is -0.489 e. The van der Waals surface area contributed by atoms with Crippen molar-refractivity contribution in [3.05, 3.63) is 45.1 Å². The number of fused-ring (bicyclic) bond motifs is 1. The second-order valence-electron chi connectivity index (χ2n) is 7.76. The molecule has 8 heteroatoms. The second-order valence-corrected chi connectivity index (χ2v) is 8.61. The van der Waals surface area contributed by atoms with Crippen molar-refractivity contribution in [2.75, 3.05) is 27.2 Å². The van der Waals surface area contributed by atoms with Gasteiger partial charge in [-0.1, -0.05) is 0 Å². The number of carbonyl (C=O) groups is 1. The Morgan fingerprint density at radius 2 is 2.10 bits per heavy atom. The van der Waals surface area contributed by atoms with Crippen molar-refractivity contribution < 1.29 is 14.6 Å². The number of carbonyl (C=O) groups excluding carboxylic acids is 1. The molecule has 1 saturated heterocycles. The standard InChI is InChI=1S/C21H25BBrN3O3/c1-22(28)26-6-4-18(5-7-26)29-20-11-15-9-16(8-14(15)10-19(20)23)21(27)17(12-24)13-25(2)3/h9-11,13,18,28H,4-8H2,1-3H3. The zero-order valence-corrected chi connectivity index (χ0v) is 18.6. The largest absolute Gasteiger partial charge is 0.489 e.